The van der Waals surface area contributed by atoms with E-state index in [4.69, 9.17) is 0 Å². The zero-order valence-electron chi connectivity index (χ0n) is 11.0. The molecular formula is C13H23N3. The third-order valence-electron chi connectivity index (χ3n) is 3.55. The predicted molar refractivity (Wildman–Crippen MR) is 66.5 cm³/mol. The molecule has 1 N–H and O–H groups in total. The van der Waals surface area contributed by atoms with Crippen LogP contribution in [0.5, 0.6) is 0 Å². The highest BCUT2D eigenvalue weighted by Crippen LogP contribution is 2.40. The van der Waals surface area contributed by atoms with Crippen LogP contribution in [0, 0.1) is 5.41 Å². The lowest BCUT2D eigenvalue weighted by molar-refractivity contribution is 0.255. The van der Waals surface area contributed by atoms with Crippen molar-refractivity contribution in [1.82, 2.24) is 15.1 Å². The first-order valence-electron chi connectivity index (χ1n) is 6.18. The minimum Gasteiger partial charge on any atom is -0.313 e. The highest BCUT2D eigenvalue weighted by molar-refractivity contribution is 5.27. The molecule has 1 aromatic heterocycles. The Labute approximate surface area is 98.2 Å². The quantitative estimate of drug-likeness (QED) is 0.832. The summed E-state index contributed by atoms with van der Waals surface area (Å²) >= 11 is 0. The summed E-state index contributed by atoms with van der Waals surface area (Å²) < 4.78 is 2.18. The van der Waals surface area contributed by atoms with Gasteiger partial charge in [0.25, 0.3) is 0 Å². The van der Waals surface area contributed by atoms with Gasteiger partial charge in [0.15, 0.2) is 0 Å². The fourth-order valence-electron chi connectivity index (χ4n) is 2.77. The fourth-order valence-corrected chi connectivity index (χ4v) is 2.77. The maximum Gasteiger partial charge on any atom is 0.0540 e. The van der Waals surface area contributed by atoms with Crippen LogP contribution in [0.25, 0.3) is 0 Å². The second kappa shape index (κ2) is 3.88. The Morgan fingerprint density at radius 3 is 2.75 bits per heavy atom. The van der Waals surface area contributed by atoms with Crippen molar-refractivity contribution < 1.29 is 0 Å². The zero-order chi connectivity index (χ0) is 11.9. The number of rotatable bonds is 2. The summed E-state index contributed by atoms with van der Waals surface area (Å²) in [6.45, 7) is 9.09. The van der Waals surface area contributed by atoms with Gasteiger partial charge in [-0.05, 0) is 39.2 Å². The van der Waals surface area contributed by atoms with Crippen molar-refractivity contribution in [3.8, 4) is 0 Å². The maximum atomic E-state index is 4.54. The van der Waals surface area contributed by atoms with Gasteiger partial charge in [0, 0.05) is 23.3 Å². The summed E-state index contributed by atoms with van der Waals surface area (Å²) in [6, 6.07) is 0.918. The highest BCUT2D eigenvalue weighted by Gasteiger charge is 2.34. The first-order chi connectivity index (χ1) is 7.44. The SMILES string of the molecule is CNC1CC(C)(C)Cc2c1cnn2C(C)C. The summed E-state index contributed by atoms with van der Waals surface area (Å²) in [6.07, 6.45) is 4.38. The molecule has 1 aromatic rings. The van der Waals surface area contributed by atoms with E-state index < -0.39 is 0 Å². The molecule has 1 unspecified atom stereocenters. The fraction of sp³-hybridized carbons (Fsp3) is 0.769. The van der Waals surface area contributed by atoms with Crippen molar-refractivity contribution in [3.63, 3.8) is 0 Å². The first-order valence-corrected chi connectivity index (χ1v) is 6.18. The van der Waals surface area contributed by atoms with Gasteiger partial charge in [0.1, 0.15) is 0 Å². The van der Waals surface area contributed by atoms with E-state index in [0.29, 0.717) is 17.5 Å². The van der Waals surface area contributed by atoms with Crippen molar-refractivity contribution in [2.45, 2.75) is 52.6 Å². The van der Waals surface area contributed by atoms with Crippen LogP contribution in [0.2, 0.25) is 0 Å². The number of nitrogens with zero attached hydrogens (tertiary/aromatic N) is 2. The molecule has 3 nitrogen and oxygen atoms in total. The lowest BCUT2D eigenvalue weighted by Crippen LogP contribution is -2.32. The van der Waals surface area contributed by atoms with Crippen LogP contribution >= 0.6 is 0 Å². The van der Waals surface area contributed by atoms with Crippen LogP contribution < -0.4 is 5.32 Å². The Morgan fingerprint density at radius 2 is 2.19 bits per heavy atom. The molecule has 0 amide bonds. The second-order valence-electron chi connectivity index (χ2n) is 5.97. The van der Waals surface area contributed by atoms with E-state index in [2.05, 4.69) is 42.8 Å². The van der Waals surface area contributed by atoms with E-state index in [1.54, 1.807) is 0 Å². The summed E-state index contributed by atoms with van der Waals surface area (Å²) in [4.78, 5) is 0. The van der Waals surface area contributed by atoms with E-state index in [1.165, 1.54) is 17.7 Å². The van der Waals surface area contributed by atoms with Crippen molar-refractivity contribution in [3.05, 3.63) is 17.5 Å². The lowest BCUT2D eigenvalue weighted by Gasteiger charge is -2.35. The van der Waals surface area contributed by atoms with Gasteiger partial charge in [-0.3, -0.25) is 4.68 Å². The molecule has 3 heteroatoms. The van der Waals surface area contributed by atoms with Crippen LogP contribution in [-0.2, 0) is 6.42 Å². The largest absolute Gasteiger partial charge is 0.313 e. The Kier molecular flexibility index (Phi) is 2.82. The van der Waals surface area contributed by atoms with Crippen molar-refractivity contribution >= 4 is 0 Å². The molecule has 0 saturated carbocycles. The smallest absolute Gasteiger partial charge is 0.0540 e. The second-order valence-corrected chi connectivity index (χ2v) is 5.97. The topological polar surface area (TPSA) is 29.9 Å². The molecule has 0 radical (unpaired) electrons. The van der Waals surface area contributed by atoms with Crippen LogP contribution in [0.4, 0.5) is 0 Å². The minimum atomic E-state index is 0.368. The molecule has 1 heterocycles. The third kappa shape index (κ3) is 1.88. The zero-order valence-corrected chi connectivity index (χ0v) is 11.0. The summed E-state index contributed by atoms with van der Waals surface area (Å²) in [7, 11) is 2.04. The summed E-state index contributed by atoms with van der Waals surface area (Å²) in [5.41, 5.74) is 3.19. The average molecular weight is 221 g/mol. The average Bonchev–Trinajstić information content (AvgIpc) is 2.58. The monoisotopic (exact) mass is 221 g/mol. The highest BCUT2D eigenvalue weighted by atomic mass is 15.3. The molecule has 90 valence electrons. The van der Waals surface area contributed by atoms with Crippen LogP contribution in [0.1, 0.15) is 57.5 Å². The predicted octanol–water partition coefficient (Wildman–Crippen LogP) is 2.70. The van der Waals surface area contributed by atoms with E-state index in [9.17, 15) is 0 Å². The van der Waals surface area contributed by atoms with Crippen LogP contribution in [-0.4, -0.2) is 16.8 Å². The van der Waals surface area contributed by atoms with Gasteiger partial charge in [-0.15, -0.1) is 0 Å². The number of hydrogen-bond donors (Lipinski definition) is 1. The van der Waals surface area contributed by atoms with Crippen LogP contribution in [0.3, 0.4) is 0 Å². The van der Waals surface area contributed by atoms with Crippen LogP contribution in [0.15, 0.2) is 6.20 Å². The molecule has 1 aliphatic carbocycles. The van der Waals surface area contributed by atoms with Crippen molar-refractivity contribution in [2.75, 3.05) is 7.05 Å². The van der Waals surface area contributed by atoms with Gasteiger partial charge < -0.3 is 5.32 Å². The van der Waals surface area contributed by atoms with E-state index in [0.717, 1.165) is 6.42 Å². The third-order valence-corrected chi connectivity index (χ3v) is 3.55. The minimum absolute atomic E-state index is 0.368. The molecule has 0 spiro atoms. The molecule has 16 heavy (non-hydrogen) atoms. The van der Waals surface area contributed by atoms with E-state index in [1.807, 2.05) is 13.2 Å². The lowest BCUT2D eigenvalue weighted by atomic mass is 9.74. The molecule has 0 fully saturated rings. The van der Waals surface area contributed by atoms with Gasteiger partial charge in [0.05, 0.1) is 6.20 Å². The van der Waals surface area contributed by atoms with Gasteiger partial charge in [-0.25, -0.2) is 0 Å². The molecule has 1 atom stereocenters. The first kappa shape index (κ1) is 11.6. The maximum absolute atomic E-state index is 4.54. The standard InChI is InChI=1S/C13H23N3/c1-9(2)16-12-7-13(3,4)6-11(14-5)10(12)8-15-16/h8-9,11,14H,6-7H2,1-5H3. The van der Waals surface area contributed by atoms with Gasteiger partial charge in [-0.2, -0.15) is 5.10 Å². The summed E-state index contributed by atoms with van der Waals surface area (Å²) in [5, 5.41) is 7.95. The molecule has 2 rings (SSSR count). The Balaban J connectivity index is 2.44. The molecule has 0 aromatic carbocycles. The Hall–Kier alpha value is -0.830. The Morgan fingerprint density at radius 1 is 1.50 bits per heavy atom. The number of fused-ring (bicyclic) bond motifs is 1. The summed E-state index contributed by atoms with van der Waals surface area (Å²) in [5.74, 6) is 0. The molecule has 1 aliphatic rings. The molecule has 0 aliphatic heterocycles. The molecule has 0 saturated heterocycles. The molecule has 0 bridgehead atoms. The van der Waals surface area contributed by atoms with Gasteiger partial charge >= 0.3 is 0 Å². The van der Waals surface area contributed by atoms with E-state index in [-0.39, 0.29) is 0 Å². The van der Waals surface area contributed by atoms with Crippen molar-refractivity contribution in [2.24, 2.45) is 5.41 Å². The number of aromatic nitrogens is 2. The van der Waals surface area contributed by atoms with Crippen molar-refractivity contribution in [1.29, 1.82) is 0 Å². The van der Waals surface area contributed by atoms with Gasteiger partial charge in [0.2, 0.25) is 0 Å². The molecular weight excluding hydrogens is 198 g/mol. The normalized spacial score (nSPS) is 23.5. The van der Waals surface area contributed by atoms with E-state index >= 15 is 0 Å². The number of nitrogens with one attached hydrogen (secondary N) is 1. The van der Waals surface area contributed by atoms with Gasteiger partial charge in [-0.1, -0.05) is 13.8 Å². The number of hydrogen-bond acceptors (Lipinski definition) is 2. The Bertz CT molecular complexity index is 377.